The number of sulfonamides is 1. The van der Waals surface area contributed by atoms with Crippen LogP contribution in [0.15, 0.2) is 54.7 Å². The van der Waals surface area contributed by atoms with E-state index in [0.29, 0.717) is 54.3 Å². The lowest BCUT2D eigenvalue weighted by atomic mass is 10.0. The molecule has 1 N–H and O–H groups in total. The smallest absolute Gasteiger partial charge is 0.211 e. The van der Waals surface area contributed by atoms with Gasteiger partial charge in [-0.2, -0.15) is 0 Å². The summed E-state index contributed by atoms with van der Waals surface area (Å²) in [6, 6.07) is 11.9. The first-order valence-electron chi connectivity index (χ1n) is 10.5. The fourth-order valence-corrected chi connectivity index (χ4v) is 4.63. The molecule has 1 fully saturated rings. The zero-order valence-electron chi connectivity index (χ0n) is 17.6. The Balaban J connectivity index is 1.63. The zero-order valence-corrected chi connectivity index (χ0v) is 18.4. The molecule has 0 radical (unpaired) electrons. The van der Waals surface area contributed by atoms with Crippen LogP contribution in [0.2, 0.25) is 0 Å². The molecule has 3 aromatic rings. The Morgan fingerprint density at radius 1 is 0.938 bits per heavy atom. The van der Waals surface area contributed by atoms with Crippen LogP contribution in [0.25, 0.3) is 22.5 Å². The molecule has 1 aliphatic heterocycles. The molecule has 4 rings (SSSR count). The van der Waals surface area contributed by atoms with Crippen molar-refractivity contribution < 1.29 is 17.2 Å². The van der Waals surface area contributed by atoms with Crippen LogP contribution in [-0.2, 0) is 10.0 Å². The summed E-state index contributed by atoms with van der Waals surface area (Å²) in [6.07, 6.45) is 2.99. The topological polar surface area (TPSA) is 75.2 Å². The van der Waals surface area contributed by atoms with Crippen molar-refractivity contribution in [1.29, 1.82) is 0 Å². The molecule has 6 nitrogen and oxygen atoms in total. The molecule has 0 spiro atoms. The Morgan fingerprint density at radius 2 is 1.47 bits per heavy atom. The molecule has 0 atom stereocenters. The van der Waals surface area contributed by atoms with Crippen molar-refractivity contribution in [3.8, 4) is 22.5 Å². The van der Waals surface area contributed by atoms with Crippen LogP contribution in [0.4, 0.5) is 14.6 Å². The minimum absolute atomic E-state index is 0.0601. The second kappa shape index (κ2) is 9.30. The van der Waals surface area contributed by atoms with Crippen LogP contribution in [0.1, 0.15) is 19.8 Å². The van der Waals surface area contributed by atoms with E-state index < -0.39 is 10.0 Å². The van der Waals surface area contributed by atoms with Gasteiger partial charge in [-0.05, 0) is 68.3 Å². The number of anilines is 1. The predicted molar refractivity (Wildman–Crippen MR) is 121 cm³/mol. The lowest BCUT2D eigenvalue weighted by molar-refractivity contribution is 0.458. The first kappa shape index (κ1) is 22.3. The van der Waals surface area contributed by atoms with E-state index in [2.05, 4.69) is 14.6 Å². The molecule has 0 unspecified atom stereocenters. The van der Waals surface area contributed by atoms with Gasteiger partial charge in [0.05, 0.1) is 23.3 Å². The Hall–Kier alpha value is -2.91. The molecule has 0 bridgehead atoms. The Kier molecular flexibility index (Phi) is 6.48. The van der Waals surface area contributed by atoms with Gasteiger partial charge in [-0.15, -0.1) is 0 Å². The Labute approximate surface area is 186 Å². The summed E-state index contributed by atoms with van der Waals surface area (Å²) in [6.45, 7) is 2.88. The van der Waals surface area contributed by atoms with Crippen molar-refractivity contribution >= 4 is 15.8 Å². The van der Waals surface area contributed by atoms with Crippen molar-refractivity contribution in [1.82, 2.24) is 14.7 Å². The van der Waals surface area contributed by atoms with Crippen molar-refractivity contribution in [3.05, 3.63) is 66.4 Å². The molecule has 168 valence electrons. The average molecular weight is 459 g/mol. The molecule has 0 aliphatic carbocycles. The standard InChI is InChI=1S/C23H24F2N4O2S/c1-2-32(30,31)28-20-11-13-29(14-12-20)21-15-26-22(16-3-7-18(24)8-4-16)23(27-21)17-5-9-19(25)10-6-17/h3-10,15,20,28H,2,11-14H2,1H3. The van der Waals surface area contributed by atoms with Crippen LogP contribution in [0.3, 0.4) is 0 Å². The summed E-state index contributed by atoms with van der Waals surface area (Å²) in [5.74, 6) is 0.0258. The highest BCUT2D eigenvalue weighted by molar-refractivity contribution is 7.89. The maximum atomic E-state index is 13.5. The van der Waals surface area contributed by atoms with Gasteiger partial charge in [0.25, 0.3) is 0 Å². The highest BCUT2D eigenvalue weighted by Gasteiger charge is 2.24. The minimum Gasteiger partial charge on any atom is -0.355 e. The van der Waals surface area contributed by atoms with Crippen molar-refractivity contribution in [2.24, 2.45) is 0 Å². The first-order valence-corrected chi connectivity index (χ1v) is 12.1. The quantitative estimate of drug-likeness (QED) is 0.604. The van der Waals surface area contributed by atoms with Crippen molar-refractivity contribution in [2.75, 3.05) is 23.7 Å². The fourth-order valence-electron chi connectivity index (χ4n) is 3.72. The van der Waals surface area contributed by atoms with E-state index in [1.807, 2.05) is 0 Å². The molecule has 2 heterocycles. The third-order valence-electron chi connectivity index (χ3n) is 5.54. The number of rotatable bonds is 6. The van der Waals surface area contributed by atoms with E-state index in [0.717, 1.165) is 0 Å². The maximum absolute atomic E-state index is 13.5. The lowest BCUT2D eigenvalue weighted by Gasteiger charge is -2.33. The van der Waals surface area contributed by atoms with Crippen molar-refractivity contribution in [3.63, 3.8) is 0 Å². The van der Waals surface area contributed by atoms with E-state index >= 15 is 0 Å². The van der Waals surface area contributed by atoms with Gasteiger partial charge in [-0.3, -0.25) is 4.98 Å². The van der Waals surface area contributed by atoms with E-state index in [-0.39, 0.29) is 23.4 Å². The van der Waals surface area contributed by atoms with E-state index in [1.54, 1.807) is 37.4 Å². The molecule has 32 heavy (non-hydrogen) atoms. The molecule has 0 amide bonds. The number of nitrogens with one attached hydrogen (secondary N) is 1. The van der Waals surface area contributed by atoms with Gasteiger partial charge in [0, 0.05) is 30.3 Å². The summed E-state index contributed by atoms with van der Waals surface area (Å²) < 4.78 is 53.3. The van der Waals surface area contributed by atoms with Crippen LogP contribution < -0.4 is 9.62 Å². The van der Waals surface area contributed by atoms with Gasteiger partial charge in [0.15, 0.2) is 0 Å². The second-order valence-corrected chi connectivity index (χ2v) is 9.76. The highest BCUT2D eigenvalue weighted by Crippen LogP contribution is 2.31. The van der Waals surface area contributed by atoms with Crippen LogP contribution >= 0.6 is 0 Å². The van der Waals surface area contributed by atoms with Gasteiger partial charge in [0.2, 0.25) is 10.0 Å². The molecule has 1 aromatic heterocycles. The number of aromatic nitrogens is 2. The fraction of sp³-hybridized carbons (Fsp3) is 0.304. The third kappa shape index (κ3) is 5.11. The third-order valence-corrected chi connectivity index (χ3v) is 6.99. The molecular weight excluding hydrogens is 434 g/mol. The number of benzene rings is 2. The normalized spacial score (nSPS) is 15.2. The lowest BCUT2D eigenvalue weighted by Crippen LogP contribution is -2.45. The van der Waals surface area contributed by atoms with Gasteiger partial charge < -0.3 is 4.90 Å². The average Bonchev–Trinajstić information content (AvgIpc) is 2.80. The number of nitrogens with zero attached hydrogens (tertiary/aromatic N) is 3. The van der Waals surface area contributed by atoms with Crippen LogP contribution in [-0.4, -0.2) is 43.3 Å². The highest BCUT2D eigenvalue weighted by atomic mass is 32.2. The summed E-state index contributed by atoms with van der Waals surface area (Å²) in [7, 11) is -3.24. The van der Waals surface area contributed by atoms with Crippen LogP contribution in [0.5, 0.6) is 0 Å². The number of hydrogen-bond acceptors (Lipinski definition) is 5. The SMILES string of the molecule is CCS(=O)(=O)NC1CCN(c2cnc(-c3ccc(F)cc3)c(-c3ccc(F)cc3)n2)CC1. The maximum Gasteiger partial charge on any atom is 0.211 e. The Morgan fingerprint density at radius 3 is 2.00 bits per heavy atom. The molecule has 9 heteroatoms. The Bertz CT molecular complexity index is 1180. The summed E-state index contributed by atoms with van der Waals surface area (Å²) in [5, 5.41) is 0. The second-order valence-electron chi connectivity index (χ2n) is 7.72. The molecule has 1 aliphatic rings. The minimum atomic E-state index is -3.24. The monoisotopic (exact) mass is 458 g/mol. The zero-order chi connectivity index (χ0) is 22.7. The van der Waals surface area contributed by atoms with Gasteiger partial charge in [-0.1, -0.05) is 0 Å². The van der Waals surface area contributed by atoms with Gasteiger partial charge in [0.1, 0.15) is 17.5 Å². The summed E-state index contributed by atoms with van der Waals surface area (Å²) >= 11 is 0. The molecule has 0 saturated carbocycles. The molecular formula is C23H24F2N4O2S. The summed E-state index contributed by atoms with van der Waals surface area (Å²) in [5.41, 5.74) is 2.55. The summed E-state index contributed by atoms with van der Waals surface area (Å²) in [4.78, 5) is 11.5. The predicted octanol–water partition coefficient (Wildman–Crippen LogP) is 4.00. The molecule has 1 saturated heterocycles. The van der Waals surface area contributed by atoms with Crippen LogP contribution in [0, 0.1) is 11.6 Å². The van der Waals surface area contributed by atoms with Gasteiger partial charge >= 0.3 is 0 Å². The first-order chi connectivity index (χ1) is 15.3. The number of piperidine rings is 1. The number of hydrogen-bond donors (Lipinski definition) is 1. The largest absolute Gasteiger partial charge is 0.355 e. The molecule has 2 aromatic carbocycles. The number of halogens is 2. The van der Waals surface area contributed by atoms with E-state index in [1.165, 1.54) is 24.3 Å². The van der Waals surface area contributed by atoms with E-state index in [4.69, 9.17) is 4.98 Å². The van der Waals surface area contributed by atoms with E-state index in [9.17, 15) is 17.2 Å². The van der Waals surface area contributed by atoms with Crippen molar-refractivity contribution in [2.45, 2.75) is 25.8 Å². The van der Waals surface area contributed by atoms with Gasteiger partial charge in [-0.25, -0.2) is 26.9 Å².